The molecule has 2 fully saturated rings. The minimum absolute atomic E-state index is 0.0803. The smallest absolute Gasteiger partial charge is 0.407 e. The number of carbonyl (C=O) groups excluding carboxylic acids is 4. The normalized spacial score (nSPS) is 17.8. The first-order valence-corrected chi connectivity index (χ1v) is 20.4. The number of ether oxygens (including phenoxy) is 2. The van der Waals surface area contributed by atoms with Crippen molar-refractivity contribution >= 4 is 45.7 Å². The molecular formula is C45H53N7O7. The van der Waals surface area contributed by atoms with Gasteiger partial charge >= 0.3 is 12.2 Å². The predicted octanol–water partition coefficient (Wildman–Crippen LogP) is 7.14. The summed E-state index contributed by atoms with van der Waals surface area (Å²) in [6.45, 7) is 10.4. The number of rotatable bonds is 10. The zero-order chi connectivity index (χ0) is 42.1. The van der Waals surface area contributed by atoms with Crippen molar-refractivity contribution in [3.63, 3.8) is 0 Å². The molecule has 4 N–H and O–H groups in total. The Morgan fingerprint density at radius 3 is 1.85 bits per heavy atom. The number of pyridine rings is 1. The lowest BCUT2D eigenvalue weighted by Crippen LogP contribution is -2.51. The summed E-state index contributed by atoms with van der Waals surface area (Å²) in [6.07, 6.45) is 3.56. The van der Waals surface area contributed by atoms with Gasteiger partial charge in [-0.15, -0.1) is 0 Å². The number of imidazole rings is 1. The highest BCUT2D eigenvalue weighted by Gasteiger charge is 2.39. The van der Waals surface area contributed by atoms with Gasteiger partial charge in [-0.2, -0.15) is 0 Å². The van der Waals surface area contributed by atoms with E-state index in [1.807, 2.05) is 52.0 Å². The van der Waals surface area contributed by atoms with E-state index in [1.54, 1.807) is 22.9 Å². The summed E-state index contributed by atoms with van der Waals surface area (Å²) in [4.78, 5) is 80.6. The van der Waals surface area contributed by atoms with Crippen LogP contribution in [0.2, 0.25) is 0 Å². The maximum Gasteiger partial charge on any atom is 0.407 e. The molecule has 0 bridgehead atoms. The number of nitrogens with one attached hydrogen (secondary N) is 4. The van der Waals surface area contributed by atoms with E-state index >= 15 is 0 Å². The van der Waals surface area contributed by atoms with Crippen molar-refractivity contribution in [1.29, 1.82) is 0 Å². The molecule has 4 amide bonds. The third-order valence-electron chi connectivity index (χ3n) is 11.9. The quantitative estimate of drug-likeness (QED) is 0.115. The summed E-state index contributed by atoms with van der Waals surface area (Å²) >= 11 is 0. The number of hydrogen-bond acceptors (Lipinski definition) is 8. The lowest BCUT2D eigenvalue weighted by molar-refractivity contribution is -0.136. The predicted molar refractivity (Wildman–Crippen MR) is 226 cm³/mol. The summed E-state index contributed by atoms with van der Waals surface area (Å²) in [6, 6.07) is 16.3. The van der Waals surface area contributed by atoms with Crippen LogP contribution in [0.4, 0.5) is 9.59 Å². The van der Waals surface area contributed by atoms with Gasteiger partial charge in [-0.3, -0.25) is 14.4 Å². The molecule has 3 aromatic carbocycles. The summed E-state index contributed by atoms with van der Waals surface area (Å²) in [5.41, 5.74) is 5.61. The molecule has 14 heteroatoms. The molecule has 2 aromatic heterocycles. The summed E-state index contributed by atoms with van der Waals surface area (Å²) < 4.78 is 9.55. The van der Waals surface area contributed by atoms with E-state index in [9.17, 15) is 24.0 Å². The van der Waals surface area contributed by atoms with Crippen molar-refractivity contribution in [1.82, 2.24) is 35.4 Å². The number of aromatic nitrogens is 3. The number of alkyl carbamates (subject to hydrolysis) is 2. The van der Waals surface area contributed by atoms with E-state index in [2.05, 4.69) is 50.9 Å². The van der Waals surface area contributed by atoms with Gasteiger partial charge in [-0.1, -0.05) is 58.0 Å². The SMILES string of the molecule is COC(=O)N[C@H](C(=O)N1CCCC1c1[nH]c2cc(-c3ccc4cc(-c5cnc([C@@H]6CCCN6C(=O)[C@@H](NC(=O)OC)C(C)C)[nH]5)ccc4c3)ccc2c(=O)c1C)C(C)C. The highest BCUT2D eigenvalue weighted by atomic mass is 16.5. The molecule has 310 valence electrons. The van der Waals surface area contributed by atoms with Crippen LogP contribution in [0.25, 0.3) is 44.1 Å². The third kappa shape index (κ3) is 8.12. The minimum atomic E-state index is -0.759. The molecule has 7 rings (SSSR count). The van der Waals surface area contributed by atoms with Crippen molar-refractivity contribution in [3.05, 3.63) is 88.1 Å². The zero-order valence-electron chi connectivity index (χ0n) is 34.7. The van der Waals surface area contributed by atoms with Gasteiger partial charge in [0.1, 0.15) is 17.9 Å². The average molecular weight is 804 g/mol. The van der Waals surface area contributed by atoms with Crippen LogP contribution in [-0.2, 0) is 19.1 Å². The first-order chi connectivity index (χ1) is 28.3. The van der Waals surface area contributed by atoms with Gasteiger partial charge in [0.2, 0.25) is 11.8 Å². The number of carbonyl (C=O) groups is 4. The maximum atomic E-state index is 13.8. The van der Waals surface area contributed by atoms with E-state index in [0.717, 1.165) is 52.4 Å². The molecule has 2 saturated heterocycles. The van der Waals surface area contributed by atoms with Crippen LogP contribution < -0.4 is 16.1 Å². The highest BCUT2D eigenvalue weighted by Crippen LogP contribution is 2.36. The van der Waals surface area contributed by atoms with E-state index in [0.29, 0.717) is 47.5 Å². The van der Waals surface area contributed by atoms with Crippen LogP contribution in [-0.4, -0.2) is 88.1 Å². The number of H-pyrrole nitrogens is 2. The standard InChI is InChI=1S/C45H53N7O7/c1-24(2)37(49-44(56)58-6)42(54)51-18-8-10-35(51)39-26(5)40(53)32-17-16-30(22-33(32)47-39)28-12-13-29-21-31(15-14-27(29)20-28)34-23-46-41(48-34)36-11-9-19-52(36)43(55)38(25(3)4)50-45(57)59-7/h12-17,20-25,35-38H,8-11,18-19H2,1-7H3,(H,46,48)(H,47,53)(H,49,56)(H,50,57)/t35?,36-,37-,38-/m0/s1. The van der Waals surface area contributed by atoms with Crippen molar-refractivity contribution < 1.29 is 28.7 Å². The van der Waals surface area contributed by atoms with Gasteiger partial charge in [-0.05, 0) is 90.6 Å². The Balaban J connectivity index is 1.12. The van der Waals surface area contributed by atoms with Crippen molar-refractivity contribution in [2.45, 2.75) is 84.5 Å². The second-order valence-corrected chi connectivity index (χ2v) is 16.3. The molecule has 0 aliphatic carbocycles. The second kappa shape index (κ2) is 17.0. The van der Waals surface area contributed by atoms with Gasteiger partial charge in [0.05, 0.1) is 43.7 Å². The lowest BCUT2D eigenvalue weighted by atomic mass is 9.97. The fourth-order valence-corrected chi connectivity index (χ4v) is 8.57. The number of benzene rings is 3. The van der Waals surface area contributed by atoms with Crippen molar-refractivity contribution in [3.8, 4) is 22.4 Å². The zero-order valence-corrected chi connectivity index (χ0v) is 34.7. The van der Waals surface area contributed by atoms with Crippen LogP contribution in [0.15, 0.2) is 65.6 Å². The van der Waals surface area contributed by atoms with Crippen LogP contribution in [0.1, 0.15) is 82.5 Å². The van der Waals surface area contributed by atoms with E-state index in [1.165, 1.54) is 14.2 Å². The summed E-state index contributed by atoms with van der Waals surface area (Å²) in [7, 11) is 2.56. The molecule has 0 saturated carbocycles. The fraction of sp³-hybridized carbons (Fsp3) is 0.422. The van der Waals surface area contributed by atoms with Crippen molar-refractivity contribution in [2.24, 2.45) is 11.8 Å². The number of fused-ring (bicyclic) bond motifs is 2. The minimum Gasteiger partial charge on any atom is -0.453 e. The van der Waals surface area contributed by atoms with Gasteiger partial charge in [0.25, 0.3) is 0 Å². The number of likely N-dealkylation sites (tertiary alicyclic amines) is 2. The molecule has 0 spiro atoms. The van der Waals surface area contributed by atoms with Gasteiger partial charge in [0.15, 0.2) is 5.43 Å². The van der Waals surface area contributed by atoms with Gasteiger partial charge in [-0.25, -0.2) is 14.6 Å². The van der Waals surface area contributed by atoms with E-state index in [-0.39, 0.29) is 41.2 Å². The third-order valence-corrected chi connectivity index (χ3v) is 11.9. The molecular weight excluding hydrogens is 751 g/mol. The largest absolute Gasteiger partial charge is 0.453 e. The first kappa shape index (κ1) is 41.0. The number of aromatic amines is 2. The van der Waals surface area contributed by atoms with Crippen LogP contribution in [0, 0.1) is 18.8 Å². The maximum absolute atomic E-state index is 13.8. The Kier molecular flexibility index (Phi) is 11.8. The molecule has 2 aliphatic heterocycles. The molecule has 4 atom stereocenters. The van der Waals surface area contributed by atoms with Crippen LogP contribution in [0.3, 0.4) is 0 Å². The number of methoxy groups -OCH3 is 2. The van der Waals surface area contributed by atoms with Crippen molar-refractivity contribution in [2.75, 3.05) is 27.3 Å². The molecule has 14 nitrogen and oxygen atoms in total. The Hall–Kier alpha value is -6.18. The highest BCUT2D eigenvalue weighted by molar-refractivity contribution is 5.93. The first-order valence-electron chi connectivity index (χ1n) is 20.4. The molecule has 2 aliphatic rings. The monoisotopic (exact) mass is 803 g/mol. The van der Waals surface area contributed by atoms with Crippen LogP contribution in [0.5, 0.6) is 0 Å². The number of nitrogens with zero attached hydrogens (tertiary/aromatic N) is 3. The topological polar surface area (TPSA) is 179 Å². The molecule has 1 unspecified atom stereocenters. The summed E-state index contributed by atoms with van der Waals surface area (Å²) in [5.74, 6) is 0.0674. The van der Waals surface area contributed by atoms with E-state index < -0.39 is 24.3 Å². The summed E-state index contributed by atoms with van der Waals surface area (Å²) in [5, 5.41) is 8.04. The Labute approximate surface area is 343 Å². The Bertz CT molecular complexity index is 2470. The fourth-order valence-electron chi connectivity index (χ4n) is 8.57. The molecule has 4 heterocycles. The molecule has 5 aromatic rings. The number of amides is 4. The second-order valence-electron chi connectivity index (χ2n) is 16.3. The Morgan fingerprint density at radius 2 is 1.25 bits per heavy atom. The van der Waals surface area contributed by atoms with E-state index in [4.69, 9.17) is 14.5 Å². The van der Waals surface area contributed by atoms with Gasteiger partial charge in [0, 0.05) is 35.3 Å². The van der Waals surface area contributed by atoms with Crippen LogP contribution >= 0.6 is 0 Å². The number of hydrogen-bond donors (Lipinski definition) is 4. The molecule has 59 heavy (non-hydrogen) atoms. The lowest BCUT2D eigenvalue weighted by Gasteiger charge is -2.31. The molecule has 0 radical (unpaired) electrons. The van der Waals surface area contributed by atoms with Gasteiger partial charge < -0.3 is 39.9 Å². The Morgan fingerprint density at radius 1 is 0.729 bits per heavy atom. The average Bonchev–Trinajstić information content (AvgIpc) is 4.04.